The van der Waals surface area contributed by atoms with Gasteiger partial charge in [0.1, 0.15) is 0 Å². The van der Waals surface area contributed by atoms with Crippen LogP contribution in [0.15, 0.2) is 29.2 Å². The molecule has 0 aromatic heterocycles. The maximum absolute atomic E-state index is 12.7. The van der Waals surface area contributed by atoms with Gasteiger partial charge in [-0.05, 0) is 55.7 Å². The van der Waals surface area contributed by atoms with Gasteiger partial charge in [-0.1, -0.05) is 25.5 Å². The molecular formula is C20H30N2O3S. The van der Waals surface area contributed by atoms with Crippen LogP contribution in [-0.4, -0.2) is 49.7 Å². The highest BCUT2D eigenvalue weighted by Gasteiger charge is 2.27. The van der Waals surface area contributed by atoms with Gasteiger partial charge in [0, 0.05) is 26.2 Å². The second-order valence-corrected chi connectivity index (χ2v) is 9.51. The Bertz CT molecular complexity index is 705. The molecule has 0 N–H and O–H groups in total. The summed E-state index contributed by atoms with van der Waals surface area (Å²) < 4.78 is 27.0. The number of amides is 1. The lowest BCUT2D eigenvalue weighted by Gasteiger charge is -2.26. The third-order valence-corrected chi connectivity index (χ3v) is 7.17. The lowest BCUT2D eigenvalue weighted by Crippen LogP contribution is -2.35. The number of sulfonamides is 1. The fourth-order valence-corrected chi connectivity index (χ4v) is 5.04. The van der Waals surface area contributed by atoms with Crippen molar-refractivity contribution in [2.75, 3.05) is 26.2 Å². The van der Waals surface area contributed by atoms with Gasteiger partial charge in [-0.3, -0.25) is 4.79 Å². The summed E-state index contributed by atoms with van der Waals surface area (Å²) in [7, 11) is -3.40. The summed E-state index contributed by atoms with van der Waals surface area (Å²) in [5.41, 5.74) is 0.879. The maximum Gasteiger partial charge on any atom is 0.243 e. The number of hydrogen-bond acceptors (Lipinski definition) is 3. The molecule has 26 heavy (non-hydrogen) atoms. The molecule has 0 unspecified atom stereocenters. The van der Waals surface area contributed by atoms with Gasteiger partial charge in [0.25, 0.3) is 0 Å². The SMILES string of the molecule is CCCN(CC1CC1)C(=O)Cc1ccc(S(=O)(=O)N2CCCCC2)cc1. The van der Waals surface area contributed by atoms with Crippen molar-refractivity contribution in [1.29, 1.82) is 0 Å². The Kier molecular flexibility index (Phi) is 6.35. The van der Waals surface area contributed by atoms with E-state index in [4.69, 9.17) is 0 Å². The van der Waals surface area contributed by atoms with Crippen LogP contribution >= 0.6 is 0 Å². The van der Waals surface area contributed by atoms with E-state index in [1.165, 1.54) is 12.8 Å². The van der Waals surface area contributed by atoms with Crippen molar-refractivity contribution in [2.24, 2.45) is 5.92 Å². The van der Waals surface area contributed by atoms with Gasteiger partial charge in [-0.25, -0.2) is 8.42 Å². The Hall–Kier alpha value is -1.40. The Morgan fingerprint density at radius 2 is 1.77 bits per heavy atom. The highest BCUT2D eigenvalue weighted by molar-refractivity contribution is 7.89. The number of piperidine rings is 1. The fraction of sp³-hybridized carbons (Fsp3) is 0.650. The summed E-state index contributed by atoms with van der Waals surface area (Å²) >= 11 is 0. The second-order valence-electron chi connectivity index (χ2n) is 7.57. The minimum Gasteiger partial charge on any atom is -0.342 e. The molecule has 1 saturated heterocycles. The van der Waals surface area contributed by atoms with Gasteiger partial charge in [0.2, 0.25) is 15.9 Å². The zero-order chi connectivity index (χ0) is 18.6. The number of nitrogens with zero attached hydrogens (tertiary/aromatic N) is 2. The Balaban J connectivity index is 1.63. The molecule has 5 nitrogen and oxygen atoms in total. The fourth-order valence-electron chi connectivity index (χ4n) is 3.52. The Morgan fingerprint density at radius 3 is 2.35 bits per heavy atom. The molecule has 1 heterocycles. The number of rotatable bonds is 8. The van der Waals surface area contributed by atoms with Crippen LogP contribution in [0.25, 0.3) is 0 Å². The Morgan fingerprint density at radius 1 is 1.12 bits per heavy atom. The molecule has 0 spiro atoms. The molecule has 6 heteroatoms. The van der Waals surface area contributed by atoms with Crippen molar-refractivity contribution in [3.63, 3.8) is 0 Å². The molecular weight excluding hydrogens is 348 g/mol. The van der Waals surface area contributed by atoms with Crippen LogP contribution in [0.1, 0.15) is 51.0 Å². The minimum absolute atomic E-state index is 0.144. The molecule has 0 bridgehead atoms. The van der Waals surface area contributed by atoms with Crippen LogP contribution in [0, 0.1) is 5.92 Å². The average Bonchev–Trinajstić information content (AvgIpc) is 3.47. The molecule has 144 valence electrons. The first-order valence-corrected chi connectivity index (χ1v) is 11.3. The summed E-state index contributed by atoms with van der Waals surface area (Å²) in [5, 5.41) is 0. The van der Waals surface area contributed by atoms with Crippen LogP contribution in [-0.2, 0) is 21.2 Å². The molecule has 2 aliphatic rings. The number of carbonyl (C=O) groups is 1. The highest BCUT2D eigenvalue weighted by atomic mass is 32.2. The number of hydrogen-bond donors (Lipinski definition) is 0. The van der Waals surface area contributed by atoms with E-state index in [-0.39, 0.29) is 5.91 Å². The lowest BCUT2D eigenvalue weighted by atomic mass is 10.1. The normalized spacial score (nSPS) is 18.7. The second kappa shape index (κ2) is 8.53. The first kappa shape index (κ1) is 19.4. The summed E-state index contributed by atoms with van der Waals surface area (Å²) in [6, 6.07) is 6.88. The summed E-state index contributed by atoms with van der Waals surface area (Å²) in [6.45, 7) is 4.98. The molecule has 2 fully saturated rings. The quantitative estimate of drug-likeness (QED) is 0.699. The summed E-state index contributed by atoms with van der Waals surface area (Å²) in [4.78, 5) is 14.9. The summed E-state index contributed by atoms with van der Waals surface area (Å²) in [5.74, 6) is 0.827. The van der Waals surface area contributed by atoms with E-state index in [1.807, 2.05) is 4.90 Å². The molecule has 1 amide bonds. The van der Waals surface area contributed by atoms with Gasteiger partial charge in [-0.2, -0.15) is 4.31 Å². The van der Waals surface area contributed by atoms with Crippen LogP contribution in [0.4, 0.5) is 0 Å². The number of benzene rings is 1. The zero-order valence-corrected chi connectivity index (χ0v) is 16.5. The maximum atomic E-state index is 12.7. The third-order valence-electron chi connectivity index (χ3n) is 5.25. The van der Waals surface area contributed by atoms with Crippen molar-refractivity contribution < 1.29 is 13.2 Å². The first-order chi connectivity index (χ1) is 12.5. The first-order valence-electron chi connectivity index (χ1n) is 9.87. The summed E-state index contributed by atoms with van der Waals surface area (Å²) in [6.07, 6.45) is 6.73. The minimum atomic E-state index is -3.40. The monoisotopic (exact) mass is 378 g/mol. The number of carbonyl (C=O) groups excluding carboxylic acids is 1. The van der Waals surface area contributed by atoms with Crippen LogP contribution in [0.5, 0.6) is 0 Å². The van der Waals surface area contributed by atoms with Gasteiger partial charge in [-0.15, -0.1) is 0 Å². The third kappa shape index (κ3) is 4.86. The largest absolute Gasteiger partial charge is 0.342 e. The van der Waals surface area contributed by atoms with E-state index < -0.39 is 10.0 Å². The van der Waals surface area contributed by atoms with Crippen LogP contribution in [0.3, 0.4) is 0 Å². The highest BCUT2D eigenvalue weighted by Crippen LogP contribution is 2.30. The molecule has 0 atom stereocenters. The van der Waals surface area contributed by atoms with E-state index in [2.05, 4.69) is 6.92 Å². The van der Waals surface area contributed by atoms with Crippen molar-refractivity contribution in [3.8, 4) is 0 Å². The molecule has 0 radical (unpaired) electrons. The van der Waals surface area contributed by atoms with E-state index in [9.17, 15) is 13.2 Å². The van der Waals surface area contributed by atoms with E-state index in [0.717, 1.165) is 44.3 Å². The van der Waals surface area contributed by atoms with Gasteiger partial charge < -0.3 is 4.90 Å². The van der Waals surface area contributed by atoms with Crippen molar-refractivity contribution in [2.45, 2.75) is 56.8 Å². The molecule has 1 aromatic carbocycles. The van der Waals surface area contributed by atoms with Crippen molar-refractivity contribution >= 4 is 15.9 Å². The average molecular weight is 379 g/mol. The Labute approximate surface area is 157 Å². The van der Waals surface area contributed by atoms with Gasteiger partial charge in [0.15, 0.2) is 0 Å². The molecule has 1 aliphatic carbocycles. The zero-order valence-electron chi connectivity index (χ0n) is 15.7. The van der Waals surface area contributed by atoms with E-state index >= 15 is 0 Å². The predicted octanol–water partition coefficient (Wildman–Crippen LogP) is 3.05. The topological polar surface area (TPSA) is 57.7 Å². The van der Waals surface area contributed by atoms with E-state index in [1.54, 1.807) is 28.6 Å². The van der Waals surface area contributed by atoms with Crippen molar-refractivity contribution in [1.82, 2.24) is 9.21 Å². The predicted molar refractivity (Wildman–Crippen MR) is 102 cm³/mol. The molecule has 3 rings (SSSR count). The standard InChI is InChI=1S/C20H30N2O3S/c1-2-12-21(16-18-6-7-18)20(23)15-17-8-10-19(11-9-17)26(24,25)22-13-4-3-5-14-22/h8-11,18H,2-7,12-16H2,1H3. The van der Waals surface area contributed by atoms with Crippen LogP contribution in [0.2, 0.25) is 0 Å². The van der Waals surface area contributed by atoms with Crippen molar-refractivity contribution in [3.05, 3.63) is 29.8 Å². The smallest absolute Gasteiger partial charge is 0.243 e. The van der Waals surface area contributed by atoms with Gasteiger partial charge >= 0.3 is 0 Å². The molecule has 1 aromatic rings. The molecule has 1 aliphatic heterocycles. The lowest BCUT2D eigenvalue weighted by molar-refractivity contribution is -0.130. The van der Waals surface area contributed by atoms with Crippen LogP contribution < -0.4 is 0 Å². The molecule has 1 saturated carbocycles. The van der Waals surface area contributed by atoms with E-state index in [0.29, 0.717) is 30.3 Å². The van der Waals surface area contributed by atoms with Gasteiger partial charge in [0.05, 0.1) is 11.3 Å².